The summed E-state index contributed by atoms with van der Waals surface area (Å²) in [5.74, 6) is 0.668. The van der Waals surface area contributed by atoms with Crippen LogP contribution in [-0.2, 0) is 15.9 Å². The summed E-state index contributed by atoms with van der Waals surface area (Å²) in [4.78, 5) is 0. The van der Waals surface area contributed by atoms with Crippen molar-refractivity contribution in [1.82, 2.24) is 0 Å². The van der Waals surface area contributed by atoms with Gasteiger partial charge in [-0.2, -0.15) is 0 Å². The van der Waals surface area contributed by atoms with Crippen molar-refractivity contribution >= 4 is 11.6 Å². The van der Waals surface area contributed by atoms with Crippen LogP contribution >= 0.6 is 11.6 Å². The molecular weight excluding hydrogens is 260 g/mol. The van der Waals surface area contributed by atoms with Crippen molar-refractivity contribution in [1.29, 1.82) is 0 Å². The molecule has 3 heterocycles. The Morgan fingerprint density at radius 2 is 1.89 bits per heavy atom. The third-order valence-electron chi connectivity index (χ3n) is 4.60. The Hall–Kier alpha value is -0.570. The van der Waals surface area contributed by atoms with E-state index >= 15 is 0 Å². The summed E-state index contributed by atoms with van der Waals surface area (Å²) in [5, 5.41) is 0.809. The van der Waals surface area contributed by atoms with Crippen molar-refractivity contribution in [2.24, 2.45) is 11.3 Å². The van der Waals surface area contributed by atoms with E-state index in [0.29, 0.717) is 5.92 Å². The predicted molar refractivity (Wildman–Crippen MR) is 76.3 cm³/mol. The van der Waals surface area contributed by atoms with Crippen LogP contribution in [0.4, 0.5) is 0 Å². The van der Waals surface area contributed by atoms with E-state index in [1.165, 1.54) is 18.4 Å². The number of halogens is 1. The molecule has 2 nitrogen and oxygen atoms in total. The number of hydrogen-bond acceptors (Lipinski definition) is 2. The molecule has 0 spiro atoms. The van der Waals surface area contributed by atoms with Crippen LogP contribution in [0.25, 0.3) is 0 Å². The molecule has 0 saturated carbocycles. The van der Waals surface area contributed by atoms with E-state index in [4.69, 9.17) is 21.1 Å². The molecule has 0 radical (unpaired) electrons. The summed E-state index contributed by atoms with van der Waals surface area (Å²) >= 11 is 5.95. The first kappa shape index (κ1) is 13.4. The monoisotopic (exact) mass is 280 g/mol. The van der Waals surface area contributed by atoms with Gasteiger partial charge in [-0.05, 0) is 36.5 Å². The predicted octanol–water partition coefficient (Wildman–Crippen LogP) is 4.06. The van der Waals surface area contributed by atoms with Gasteiger partial charge in [-0.1, -0.05) is 37.1 Å². The molecular formula is C16H21ClO2. The molecule has 3 heteroatoms. The minimum Gasteiger partial charge on any atom is -0.352 e. The lowest BCUT2D eigenvalue weighted by Crippen LogP contribution is -2.54. The highest BCUT2D eigenvalue weighted by atomic mass is 35.5. The zero-order valence-electron chi connectivity index (χ0n) is 11.4. The van der Waals surface area contributed by atoms with Crippen LogP contribution in [0.1, 0.15) is 31.7 Å². The molecule has 1 aromatic rings. The van der Waals surface area contributed by atoms with E-state index in [1.807, 2.05) is 12.1 Å². The van der Waals surface area contributed by atoms with Crippen molar-refractivity contribution in [3.8, 4) is 0 Å². The van der Waals surface area contributed by atoms with Crippen LogP contribution in [0.3, 0.4) is 0 Å². The summed E-state index contributed by atoms with van der Waals surface area (Å²) in [6.07, 6.45) is 4.55. The molecule has 19 heavy (non-hydrogen) atoms. The molecule has 1 aromatic carbocycles. The highest BCUT2D eigenvalue weighted by Gasteiger charge is 2.48. The van der Waals surface area contributed by atoms with Crippen LogP contribution in [0.5, 0.6) is 0 Å². The van der Waals surface area contributed by atoms with Crippen LogP contribution in [0.15, 0.2) is 24.3 Å². The Labute approximate surface area is 120 Å². The zero-order valence-corrected chi connectivity index (χ0v) is 12.2. The average molecular weight is 281 g/mol. The maximum absolute atomic E-state index is 5.95. The normalized spacial score (nSPS) is 33.6. The number of rotatable bonds is 4. The maximum atomic E-state index is 5.95. The maximum Gasteiger partial charge on any atom is 0.157 e. The summed E-state index contributed by atoms with van der Waals surface area (Å²) < 4.78 is 11.6. The molecule has 3 aliphatic heterocycles. The third kappa shape index (κ3) is 2.67. The van der Waals surface area contributed by atoms with Gasteiger partial charge >= 0.3 is 0 Å². The number of fused-ring (bicyclic) bond motifs is 3. The largest absolute Gasteiger partial charge is 0.352 e. The number of ether oxygens (including phenoxy) is 2. The molecule has 4 rings (SSSR count). The van der Waals surface area contributed by atoms with Crippen molar-refractivity contribution in [3.05, 3.63) is 34.9 Å². The Kier molecular flexibility index (Phi) is 3.84. The molecule has 3 fully saturated rings. The van der Waals surface area contributed by atoms with Gasteiger partial charge in [0, 0.05) is 16.9 Å². The zero-order chi connectivity index (χ0) is 13.3. The Bertz CT molecular complexity index is 415. The van der Waals surface area contributed by atoms with Crippen molar-refractivity contribution in [3.63, 3.8) is 0 Å². The van der Waals surface area contributed by atoms with Crippen molar-refractivity contribution < 1.29 is 9.47 Å². The van der Waals surface area contributed by atoms with Crippen molar-refractivity contribution in [2.75, 3.05) is 13.2 Å². The minimum atomic E-state index is 0.0241. The molecule has 0 aliphatic carbocycles. The van der Waals surface area contributed by atoms with Crippen LogP contribution in [0.2, 0.25) is 5.02 Å². The topological polar surface area (TPSA) is 18.5 Å². The van der Waals surface area contributed by atoms with Gasteiger partial charge in [0.1, 0.15) is 0 Å². The summed E-state index contributed by atoms with van der Waals surface area (Å²) in [6, 6.07) is 8.26. The van der Waals surface area contributed by atoms with Gasteiger partial charge in [0.2, 0.25) is 0 Å². The van der Waals surface area contributed by atoms with E-state index in [1.54, 1.807) is 0 Å². The van der Waals surface area contributed by atoms with E-state index in [-0.39, 0.29) is 11.7 Å². The SMILES string of the molecule is CCCC12COC(CC1Cc1ccc(Cl)cc1)OC2. The van der Waals surface area contributed by atoms with Crippen LogP contribution < -0.4 is 0 Å². The molecule has 3 saturated heterocycles. The van der Waals surface area contributed by atoms with Gasteiger partial charge < -0.3 is 9.47 Å². The molecule has 1 atom stereocenters. The van der Waals surface area contributed by atoms with Gasteiger partial charge in [0.25, 0.3) is 0 Å². The second kappa shape index (κ2) is 5.43. The lowest BCUT2D eigenvalue weighted by atomic mass is 9.66. The first-order valence-electron chi connectivity index (χ1n) is 7.19. The second-order valence-electron chi connectivity index (χ2n) is 5.93. The quantitative estimate of drug-likeness (QED) is 0.828. The first-order valence-corrected chi connectivity index (χ1v) is 7.57. The van der Waals surface area contributed by atoms with Gasteiger partial charge in [0.15, 0.2) is 6.29 Å². The van der Waals surface area contributed by atoms with Crippen molar-refractivity contribution in [2.45, 2.75) is 38.9 Å². The Balaban J connectivity index is 1.76. The molecule has 0 aromatic heterocycles. The average Bonchev–Trinajstić information content (AvgIpc) is 2.43. The second-order valence-corrected chi connectivity index (χ2v) is 6.36. The summed E-state index contributed by atoms with van der Waals surface area (Å²) in [5.41, 5.74) is 1.60. The molecule has 104 valence electrons. The van der Waals surface area contributed by atoms with Crippen LogP contribution in [-0.4, -0.2) is 19.5 Å². The number of hydrogen-bond donors (Lipinski definition) is 0. The number of benzene rings is 1. The highest BCUT2D eigenvalue weighted by molar-refractivity contribution is 6.30. The fourth-order valence-electron chi connectivity index (χ4n) is 3.51. The van der Waals surface area contributed by atoms with Gasteiger partial charge in [-0.25, -0.2) is 0 Å². The fourth-order valence-corrected chi connectivity index (χ4v) is 3.64. The Morgan fingerprint density at radius 1 is 1.21 bits per heavy atom. The summed E-state index contributed by atoms with van der Waals surface area (Å²) in [7, 11) is 0. The fraction of sp³-hybridized carbons (Fsp3) is 0.625. The third-order valence-corrected chi connectivity index (χ3v) is 4.85. The Morgan fingerprint density at radius 3 is 2.53 bits per heavy atom. The molecule has 3 aliphatic rings. The van der Waals surface area contributed by atoms with Gasteiger partial charge in [-0.15, -0.1) is 0 Å². The highest BCUT2D eigenvalue weighted by Crippen LogP contribution is 2.47. The van der Waals surface area contributed by atoms with E-state index in [0.717, 1.165) is 31.1 Å². The molecule has 0 N–H and O–H groups in total. The molecule has 0 amide bonds. The standard InChI is InChI=1S/C16H21ClO2/c1-2-7-16-10-18-15(19-11-16)9-13(16)8-12-3-5-14(17)6-4-12/h3-6,13,15H,2,7-11H2,1H3. The lowest BCUT2D eigenvalue weighted by molar-refractivity contribution is -0.292. The summed E-state index contributed by atoms with van der Waals surface area (Å²) in [6.45, 7) is 3.97. The van der Waals surface area contributed by atoms with E-state index in [9.17, 15) is 0 Å². The lowest BCUT2D eigenvalue weighted by Gasteiger charge is -2.51. The minimum absolute atomic E-state index is 0.0241. The smallest absolute Gasteiger partial charge is 0.157 e. The van der Waals surface area contributed by atoms with Gasteiger partial charge in [0.05, 0.1) is 13.2 Å². The first-order chi connectivity index (χ1) is 9.22. The van der Waals surface area contributed by atoms with E-state index < -0.39 is 0 Å². The molecule has 1 unspecified atom stereocenters. The van der Waals surface area contributed by atoms with Gasteiger partial charge in [-0.3, -0.25) is 0 Å². The van der Waals surface area contributed by atoms with Crippen LogP contribution in [0, 0.1) is 11.3 Å². The van der Waals surface area contributed by atoms with E-state index in [2.05, 4.69) is 19.1 Å². The molecule has 2 bridgehead atoms.